The summed E-state index contributed by atoms with van der Waals surface area (Å²) in [5, 5.41) is 14.7. The molecule has 0 aromatic carbocycles. The van der Waals surface area contributed by atoms with E-state index in [-0.39, 0.29) is 29.2 Å². The van der Waals surface area contributed by atoms with E-state index < -0.39 is 5.60 Å². The van der Waals surface area contributed by atoms with Crippen LogP contribution >= 0.6 is 11.3 Å². The van der Waals surface area contributed by atoms with Gasteiger partial charge in [0.15, 0.2) is 0 Å². The topological polar surface area (TPSA) is 71.3 Å². The lowest BCUT2D eigenvalue weighted by Crippen LogP contribution is -2.52. The Hall–Kier alpha value is -1.14. The largest absolute Gasteiger partial charge is 0.388 e. The lowest BCUT2D eigenvalue weighted by molar-refractivity contribution is -0.124. The number of hydrogen-bond acceptors (Lipinski definition) is 4. The van der Waals surface area contributed by atoms with Crippen molar-refractivity contribution in [3.8, 4) is 0 Å². The van der Waals surface area contributed by atoms with Gasteiger partial charge in [0, 0.05) is 24.0 Å². The average Bonchev–Trinajstić information content (AvgIpc) is 2.61. The molecule has 0 fully saturated rings. The van der Waals surface area contributed by atoms with Crippen LogP contribution in [0.15, 0.2) is 10.2 Å². The summed E-state index contributed by atoms with van der Waals surface area (Å²) in [4.78, 5) is 23.5. The maximum atomic E-state index is 12.0. The molecule has 20 heavy (non-hydrogen) atoms. The van der Waals surface area contributed by atoms with Gasteiger partial charge in [-0.3, -0.25) is 9.59 Å². The van der Waals surface area contributed by atoms with Gasteiger partial charge in [0.2, 0.25) is 5.91 Å². The van der Waals surface area contributed by atoms with Crippen LogP contribution in [0.4, 0.5) is 0 Å². The second kappa shape index (κ2) is 6.54. The van der Waals surface area contributed by atoms with Gasteiger partial charge in [-0.1, -0.05) is 25.2 Å². The summed E-state index contributed by atoms with van der Waals surface area (Å²) in [6.07, 6.45) is 0.233. The number of amides is 1. The van der Waals surface area contributed by atoms with Gasteiger partial charge >= 0.3 is 4.87 Å². The van der Waals surface area contributed by atoms with Gasteiger partial charge in [0.05, 0.1) is 11.6 Å². The Morgan fingerprint density at radius 1 is 1.50 bits per heavy atom. The predicted molar refractivity (Wildman–Crippen MR) is 81.0 cm³/mol. The Bertz CT molecular complexity index is 511. The number of hydrogen-bond donors (Lipinski definition) is 2. The number of thiazole rings is 1. The Balaban J connectivity index is 2.62. The van der Waals surface area contributed by atoms with Gasteiger partial charge in [-0.2, -0.15) is 0 Å². The number of carbonyl (C=O) groups excluding carboxylic acids is 1. The summed E-state index contributed by atoms with van der Waals surface area (Å²) < 4.78 is 1.60. The summed E-state index contributed by atoms with van der Waals surface area (Å²) in [5.74, 6) is -0.0205. The molecule has 1 amide bonds. The van der Waals surface area contributed by atoms with E-state index in [4.69, 9.17) is 0 Å². The standard InChI is InChI=1S/C14H24N2O3S/c1-9(2)12(14(4,5)19)15-11(17)6-7-16-10(3)8-20-13(16)18/h8-9,12,19H,6-7H2,1-5H3,(H,15,17)/t12-/m0/s1. The third-order valence-corrected chi connectivity index (χ3v) is 4.16. The molecule has 0 unspecified atom stereocenters. The Morgan fingerprint density at radius 3 is 2.50 bits per heavy atom. The van der Waals surface area contributed by atoms with Crippen LogP contribution in [0.3, 0.4) is 0 Å². The number of aliphatic hydroxyl groups is 1. The van der Waals surface area contributed by atoms with Crippen molar-refractivity contribution in [2.24, 2.45) is 5.92 Å². The molecule has 6 heteroatoms. The molecule has 0 radical (unpaired) electrons. The number of nitrogens with zero attached hydrogens (tertiary/aromatic N) is 1. The minimum absolute atomic E-state index is 0.0433. The highest BCUT2D eigenvalue weighted by Crippen LogP contribution is 2.16. The summed E-state index contributed by atoms with van der Waals surface area (Å²) in [6.45, 7) is 9.50. The first-order valence-electron chi connectivity index (χ1n) is 6.79. The molecular weight excluding hydrogens is 276 g/mol. The van der Waals surface area contributed by atoms with Crippen LogP contribution in [-0.2, 0) is 11.3 Å². The van der Waals surface area contributed by atoms with Crippen LogP contribution in [-0.4, -0.2) is 27.2 Å². The van der Waals surface area contributed by atoms with E-state index in [2.05, 4.69) is 5.32 Å². The fourth-order valence-corrected chi connectivity index (χ4v) is 3.05. The zero-order chi connectivity index (χ0) is 15.5. The zero-order valence-corrected chi connectivity index (χ0v) is 13.6. The highest BCUT2D eigenvalue weighted by molar-refractivity contribution is 7.07. The van der Waals surface area contributed by atoms with Crippen molar-refractivity contribution in [2.45, 2.75) is 59.2 Å². The maximum absolute atomic E-state index is 12.0. The maximum Gasteiger partial charge on any atom is 0.307 e. The molecule has 1 heterocycles. The molecule has 0 saturated heterocycles. The van der Waals surface area contributed by atoms with E-state index in [0.29, 0.717) is 6.54 Å². The number of carbonyl (C=O) groups is 1. The average molecular weight is 300 g/mol. The van der Waals surface area contributed by atoms with Gasteiger partial charge < -0.3 is 15.0 Å². The highest BCUT2D eigenvalue weighted by atomic mass is 32.1. The fraction of sp³-hybridized carbons (Fsp3) is 0.714. The fourth-order valence-electron chi connectivity index (χ4n) is 2.29. The second-order valence-corrected chi connectivity index (χ2v) is 6.81. The summed E-state index contributed by atoms with van der Waals surface area (Å²) in [5.41, 5.74) is -0.102. The summed E-state index contributed by atoms with van der Waals surface area (Å²) in [7, 11) is 0. The minimum Gasteiger partial charge on any atom is -0.388 e. The van der Waals surface area contributed by atoms with Gasteiger partial charge in [-0.15, -0.1) is 0 Å². The van der Waals surface area contributed by atoms with Crippen molar-refractivity contribution in [1.29, 1.82) is 0 Å². The summed E-state index contributed by atoms with van der Waals surface area (Å²) in [6, 6.07) is -0.310. The SMILES string of the molecule is Cc1csc(=O)n1CCC(=O)N[C@@H](C(C)C)C(C)(C)O. The van der Waals surface area contributed by atoms with Crippen molar-refractivity contribution in [3.05, 3.63) is 20.7 Å². The smallest absolute Gasteiger partial charge is 0.307 e. The monoisotopic (exact) mass is 300 g/mol. The first kappa shape index (κ1) is 16.9. The second-order valence-electron chi connectivity index (χ2n) is 5.99. The molecule has 0 bridgehead atoms. The number of aryl methyl sites for hydroxylation is 1. The van der Waals surface area contributed by atoms with Crippen molar-refractivity contribution >= 4 is 17.2 Å². The van der Waals surface area contributed by atoms with Crippen LogP contribution in [0.25, 0.3) is 0 Å². The minimum atomic E-state index is -0.973. The molecule has 0 aliphatic carbocycles. The first-order chi connectivity index (χ1) is 9.12. The molecule has 1 atom stereocenters. The predicted octanol–water partition coefficient (Wildman–Crippen LogP) is 1.52. The third-order valence-electron chi connectivity index (χ3n) is 3.28. The van der Waals surface area contributed by atoms with Crippen LogP contribution in [0, 0.1) is 12.8 Å². The molecule has 2 N–H and O–H groups in total. The van der Waals surface area contributed by atoms with Crippen LogP contribution < -0.4 is 10.2 Å². The number of aromatic nitrogens is 1. The van der Waals surface area contributed by atoms with Crippen LogP contribution in [0.2, 0.25) is 0 Å². The molecule has 0 aliphatic rings. The molecule has 0 spiro atoms. The van der Waals surface area contributed by atoms with Gasteiger partial charge in [0.25, 0.3) is 0 Å². The van der Waals surface area contributed by atoms with Gasteiger partial charge in [-0.25, -0.2) is 0 Å². The normalized spacial score (nSPS) is 13.6. The van der Waals surface area contributed by atoms with Crippen molar-refractivity contribution < 1.29 is 9.90 Å². The lowest BCUT2D eigenvalue weighted by Gasteiger charge is -2.33. The molecule has 0 saturated carbocycles. The Labute approximate surface area is 123 Å². The van der Waals surface area contributed by atoms with E-state index in [0.717, 1.165) is 17.0 Å². The Morgan fingerprint density at radius 2 is 2.10 bits per heavy atom. The molecule has 0 aliphatic heterocycles. The van der Waals surface area contributed by atoms with Gasteiger partial charge in [0.1, 0.15) is 0 Å². The zero-order valence-electron chi connectivity index (χ0n) is 12.8. The van der Waals surface area contributed by atoms with Gasteiger partial charge in [-0.05, 0) is 26.7 Å². The van der Waals surface area contributed by atoms with E-state index in [1.807, 2.05) is 20.8 Å². The Kier molecular flexibility index (Phi) is 5.53. The lowest BCUT2D eigenvalue weighted by atomic mass is 9.89. The summed E-state index contributed by atoms with van der Waals surface area (Å²) >= 11 is 1.14. The van der Waals surface area contributed by atoms with Crippen LogP contribution in [0.5, 0.6) is 0 Å². The molecule has 1 aromatic heterocycles. The van der Waals surface area contributed by atoms with Crippen molar-refractivity contribution in [1.82, 2.24) is 9.88 Å². The molecule has 5 nitrogen and oxygen atoms in total. The number of nitrogens with one attached hydrogen (secondary N) is 1. The van der Waals surface area contributed by atoms with E-state index >= 15 is 0 Å². The van der Waals surface area contributed by atoms with E-state index in [1.165, 1.54) is 0 Å². The van der Waals surface area contributed by atoms with Crippen LogP contribution in [0.1, 0.15) is 39.8 Å². The molecular formula is C14H24N2O3S. The molecule has 1 rings (SSSR count). The van der Waals surface area contributed by atoms with Crippen molar-refractivity contribution in [2.75, 3.05) is 0 Å². The van der Waals surface area contributed by atoms with E-state index in [9.17, 15) is 14.7 Å². The van der Waals surface area contributed by atoms with Crippen molar-refractivity contribution in [3.63, 3.8) is 0 Å². The quantitative estimate of drug-likeness (QED) is 0.837. The van der Waals surface area contributed by atoms with E-state index in [1.54, 1.807) is 23.8 Å². The first-order valence-corrected chi connectivity index (χ1v) is 7.67. The highest BCUT2D eigenvalue weighted by Gasteiger charge is 2.30. The molecule has 1 aromatic rings. The number of rotatable bonds is 6. The third kappa shape index (κ3) is 4.45. The molecule has 114 valence electrons.